The Morgan fingerprint density at radius 2 is 0.585 bits per heavy atom. The van der Waals surface area contributed by atoms with Gasteiger partial charge in [-0.3, -0.25) is 0 Å². The van der Waals surface area contributed by atoms with E-state index in [1.165, 1.54) is 13.8 Å². The fourth-order valence-corrected chi connectivity index (χ4v) is 8.36. The highest BCUT2D eigenvalue weighted by Gasteiger charge is 2.57. The molecule has 6 rings (SSSR count). The molecular formula is C36H62O29. The van der Waals surface area contributed by atoms with E-state index >= 15 is 0 Å². The molecule has 6 fully saturated rings. The molecule has 6 heterocycles. The lowest BCUT2D eigenvalue weighted by molar-refractivity contribution is -0.402. The maximum Gasteiger partial charge on any atom is 0.187 e. The normalized spacial score (nSPS) is 54.6. The summed E-state index contributed by atoms with van der Waals surface area (Å²) in [5.41, 5.74) is 0. The smallest absolute Gasteiger partial charge is 0.187 e. The highest BCUT2D eigenvalue weighted by atomic mass is 16.8. The maximum atomic E-state index is 11.6. The third-order valence-corrected chi connectivity index (χ3v) is 12.4. The molecular weight excluding hydrogens is 896 g/mol. The van der Waals surface area contributed by atoms with Gasteiger partial charge in [0.05, 0.1) is 38.6 Å². The topological polar surface area (TPSA) is 466 Å². The van der Waals surface area contributed by atoms with Crippen molar-refractivity contribution in [1.29, 1.82) is 0 Å². The number of hydrogen-bond donors (Lipinski definition) is 18. The molecule has 18 N–H and O–H groups in total. The Morgan fingerprint density at radius 1 is 0.277 bits per heavy atom. The first-order valence-electron chi connectivity index (χ1n) is 20.9. The van der Waals surface area contributed by atoms with Crippen LogP contribution < -0.4 is 0 Å². The van der Waals surface area contributed by atoms with E-state index in [1.54, 1.807) is 0 Å². The second-order valence-electron chi connectivity index (χ2n) is 16.7. The monoisotopic (exact) mass is 958 g/mol. The van der Waals surface area contributed by atoms with Crippen molar-refractivity contribution in [3.8, 4) is 0 Å². The van der Waals surface area contributed by atoms with Gasteiger partial charge in [-0.25, -0.2) is 0 Å². The van der Waals surface area contributed by atoms with Crippen molar-refractivity contribution in [2.75, 3.05) is 26.4 Å². The SMILES string of the molecule is C[C@@H]1O[C@@H](O[C@H]2[C@@H](O[C@H]3[C@@H](O)[C@@H](CO)O[C@H](O[C@@H]4[C@@H](O)[C@H](C)OC(O)[C@@H]4O)[C@@H]3O)O[C@H](CO)[C@H](O)[C@@H]2O)[C@H](O)[C@H](O[C@H]2O[C@H](CO)[C@H](O)[C@H](O[C@H]3O[C@H](CO)[C@H](O)[C@H](O)[C@H]3O)[C@H]2O)[C@H]1O. The van der Waals surface area contributed by atoms with Crippen LogP contribution in [0.1, 0.15) is 13.8 Å². The summed E-state index contributed by atoms with van der Waals surface area (Å²) >= 11 is 0. The maximum absolute atomic E-state index is 11.6. The molecule has 29 heteroatoms. The molecule has 380 valence electrons. The van der Waals surface area contributed by atoms with Crippen molar-refractivity contribution in [3.05, 3.63) is 0 Å². The Hall–Kier alpha value is -1.16. The molecule has 1 unspecified atom stereocenters. The number of aliphatic hydroxyl groups excluding tert-OH is 18. The Bertz CT molecular complexity index is 1460. The molecule has 0 spiro atoms. The Labute approximate surface area is 368 Å². The van der Waals surface area contributed by atoms with Gasteiger partial charge in [-0.1, -0.05) is 0 Å². The zero-order valence-electron chi connectivity index (χ0n) is 34.7. The number of rotatable bonds is 14. The summed E-state index contributed by atoms with van der Waals surface area (Å²) < 4.78 is 61.5. The molecule has 6 aliphatic heterocycles. The van der Waals surface area contributed by atoms with Crippen LogP contribution in [0.3, 0.4) is 0 Å². The second kappa shape index (κ2) is 22.3. The minimum Gasteiger partial charge on any atom is -0.394 e. The van der Waals surface area contributed by atoms with Crippen LogP contribution in [0.15, 0.2) is 0 Å². The molecule has 6 aliphatic rings. The summed E-state index contributed by atoms with van der Waals surface area (Å²) in [6.45, 7) is -1.10. The fraction of sp³-hybridized carbons (Fsp3) is 1.00. The van der Waals surface area contributed by atoms with Crippen molar-refractivity contribution in [3.63, 3.8) is 0 Å². The summed E-state index contributed by atoms with van der Waals surface area (Å²) in [4.78, 5) is 0. The van der Waals surface area contributed by atoms with Crippen LogP contribution in [-0.4, -0.2) is 303 Å². The van der Waals surface area contributed by atoms with Gasteiger partial charge in [-0.2, -0.15) is 0 Å². The average molecular weight is 959 g/mol. The second-order valence-corrected chi connectivity index (χ2v) is 16.7. The van der Waals surface area contributed by atoms with Gasteiger partial charge in [0.25, 0.3) is 0 Å². The van der Waals surface area contributed by atoms with Crippen LogP contribution in [0.25, 0.3) is 0 Å². The summed E-state index contributed by atoms with van der Waals surface area (Å²) in [6.07, 6.45) is -55.3. The molecule has 0 radical (unpaired) electrons. The molecule has 0 saturated carbocycles. The van der Waals surface area contributed by atoms with E-state index in [4.69, 9.17) is 52.1 Å². The fourth-order valence-electron chi connectivity index (χ4n) is 8.36. The molecule has 65 heavy (non-hydrogen) atoms. The minimum absolute atomic E-state index is 0.854. The average Bonchev–Trinajstić information content (AvgIpc) is 3.28. The van der Waals surface area contributed by atoms with Crippen LogP contribution in [0.4, 0.5) is 0 Å². The lowest BCUT2D eigenvalue weighted by Gasteiger charge is -2.50. The van der Waals surface area contributed by atoms with E-state index in [0.29, 0.717) is 0 Å². The Kier molecular flexibility index (Phi) is 18.2. The first-order valence-corrected chi connectivity index (χ1v) is 20.9. The summed E-state index contributed by atoms with van der Waals surface area (Å²) in [6, 6.07) is 0. The van der Waals surface area contributed by atoms with Gasteiger partial charge in [0.2, 0.25) is 0 Å². The number of hydrogen-bond acceptors (Lipinski definition) is 29. The highest BCUT2D eigenvalue weighted by Crippen LogP contribution is 2.37. The van der Waals surface area contributed by atoms with Crippen molar-refractivity contribution in [2.45, 2.75) is 198 Å². The quantitative estimate of drug-likeness (QED) is 0.0768. The van der Waals surface area contributed by atoms with E-state index in [9.17, 15) is 91.9 Å². The standard InChI is InChI=1S/C36H62O29/c1-7-13(41)26(22(50)31(54)55-7)61-34-25(53)29(18(46)12(6-40)58-34)64-36-30(20(48)16(44)10(4-38)60-36)65-33-23(51)27(14(42)8(2)56-33)62-35-24(52)28(17(45)11(5-39)59-35)63-32-21(49)19(47)15(43)9(3-37)57-32/h7-54H,3-6H2,1-2H3/t7-,8-,9+,10+,11+,12+,13-,14-,15-,16-,17-,18-,19-,20-,21+,22+,23+,24+,25+,26+,27+,28-,29-,30+,31?,32+,33-,34+,35+,36+/m0/s1. The summed E-state index contributed by atoms with van der Waals surface area (Å²) in [5.74, 6) is 0. The van der Waals surface area contributed by atoms with E-state index in [1.807, 2.05) is 0 Å². The third-order valence-electron chi connectivity index (χ3n) is 12.4. The van der Waals surface area contributed by atoms with Crippen LogP contribution in [0.2, 0.25) is 0 Å². The molecule has 0 bridgehead atoms. The lowest BCUT2D eigenvalue weighted by atomic mass is 9.95. The van der Waals surface area contributed by atoms with Gasteiger partial charge in [0.1, 0.15) is 134 Å². The van der Waals surface area contributed by atoms with Gasteiger partial charge in [-0.15, -0.1) is 0 Å². The van der Waals surface area contributed by atoms with Crippen LogP contribution in [0, 0.1) is 0 Å². The van der Waals surface area contributed by atoms with E-state index < -0.39 is 211 Å². The molecule has 0 aromatic carbocycles. The number of ether oxygens (including phenoxy) is 11. The third kappa shape index (κ3) is 10.8. The Balaban J connectivity index is 1.21. The lowest BCUT2D eigenvalue weighted by Crippen LogP contribution is -2.68. The highest BCUT2D eigenvalue weighted by molar-refractivity contribution is 4.99. The first kappa shape index (κ1) is 53.2. The van der Waals surface area contributed by atoms with Gasteiger partial charge >= 0.3 is 0 Å². The van der Waals surface area contributed by atoms with Gasteiger partial charge < -0.3 is 144 Å². The zero-order valence-corrected chi connectivity index (χ0v) is 34.7. The summed E-state index contributed by atoms with van der Waals surface area (Å²) in [5, 5.41) is 191. The van der Waals surface area contributed by atoms with Crippen molar-refractivity contribution in [1.82, 2.24) is 0 Å². The molecule has 0 amide bonds. The predicted octanol–water partition coefficient (Wildman–Crippen LogP) is -12.0. The largest absolute Gasteiger partial charge is 0.394 e. The van der Waals surface area contributed by atoms with E-state index in [0.717, 1.165) is 0 Å². The molecule has 0 aromatic rings. The first-order chi connectivity index (χ1) is 30.7. The summed E-state index contributed by atoms with van der Waals surface area (Å²) in [7, 11) is 0. The van der Waals surface area contributed by atoms with Crippen molar-refractivity contribution < 1.29 is 144 Å². The van der Waals surface area contributed by atoms with Crippen LogP contribution in [0.5, 0.6) is 0 Å². The van der Waals surface area contributed by atoms with Crippen molar-refractivity contribution >= 4 is 0 Å². The molecule has 30 atom stereocenters. The van der Waals surface area contributed by atoms with Gasteiger partial charge in [0.15, 0.2) is 37.7 Å². The van der Waals surface area contributed by atoms with Gasteiger partial charge in [-0.05, 0) is 13.8 Å². The minimum atomic E-state index is -2.16. The van der Waals surface area contributed by atoms with E-state index in [-0.39, 0.29) is 0 Å². The van der Waals surface area contributed by atoms with Crippen LogP contribution >= 0.6 is 0 Å². The predicted molar refractivity (Wildman–Crippen MR) is 196 cm³/mol. The van der Waals surface area contributed by atoms with E-state index in [2.05, 4.69) is 0 Å². The molecule has 0 aliphatic carbocycles. The van der Waals surface area contributed by atoms with Gasteiger partial charge in [0, 0.05) is 0 Å². The van der Waals surface area contributed by atoms with Crippen molar-refractivity contribution in [2.24, 2.45) is 0 Å². The number of aliphatic hydroxyl groups is 18. The molecule has 0 aromatic heterocycles. The molecule has 29 nitrogen and oxygen atoms in total. The van der Waals surface area contributed by atoms with Crippen LogP contribution in [-0.2, 0) is 52.1 Å². The zero-order chi connectivity index (χ0) is 47.9. The molecule has 6 saturated heterocycles. The Morgan fingerprint density at radius 3 is 1.03 bits per heavy atom.